The van der Waals surface area contributed by atoms with E-state index in [9.17, 15) is 18.0 Å². The summed E-state index contributed by atoms with van der Waals surface area (Å²) >= 11 is 0. The van der Waals surface area contributed by atoms with Gasteiger partial charge in [-0.2, -0.15) is 0 Å². The topological polar surface area (TPSA) is 74.8 Å². The molecule has 2 heterocycles. The fourth-order valence-electron chi connectivity index (χ4n) is 5.65. The first-order valence-electron chi connectivity index (χ1n) is 12.7. The van der Waals surface area contributed by atoms with Crippen LogP contribution >= 0.6 is 0 Å². The Labute approximate surface area is 218 Å². The molecule has 0 radical (unpaired) electrons. The van der Waals surface area contributed by atoms with Gasteiger partial charge in [0.2, 0.25) is 9.84 Å². The molecule has 0 aliphatic carbocycles. The fourth-order valence-corrected chi connectivity index (χ4v) is 7.28. The van der Waals surface area contributed by atoms with Crippen molar-refractivity contribution in [2.45, 2.75) is 50.5 Å². The Morgan fingerprint density at radius 2 is 1.62 bits per heavy atom. The number of anilines is 1. The average Bonchev–Trinajstić information content (AvgIpc) is 2.93. The molecule has 37 heavy (non-hydrogen) atoms. The van der Waals surface area contributed by atoms with Crippen LogP contribution in [0.25, 0.3) is 0 Å². The van der Waals surface area contributed by atoms with Crippen molar-refractivity contribution in [3.05, 3.63) is 88.5 Å². The number of sulfone groups is 1. The van der Waals surface area contributed by atoms with E-state index in [0.717, 1.165) is 23.1 Å². The Morgan fingerprint density at radius 3 is 2.35 bits per heavy atom. The molecule has 0 aromatic heterocycles. The van der Waals surface area contributed by atoms with Crippen molar-refractivity contribution >= 4 is 27.3 Å². The number of amides is 2. The van der Waals surface area contributed by atoms with Gasteiger partial charge in [-0.05, 0) is 73.6 Å². The third-order valence-electron chi connectivity index (χ3n) is 7.43. The highest BCUT2D eigenvalue weighted by molar-refractivity contribution is 7.91. The predicted molar refractivity (Wildman–Crippen MR) is 144 cm³/mol. The second-order valence-electron chi connectivity index (χ2n) is 10.7. The smallest absolute Gasteiger partial charge is 0.259 e. The molecule has 1 saturated heterocycles. The van der Waals surface area contributed by atoms with Gasteiger partial charge in [-0.25, -0.2) is 8.42 Å². The van der Waals surface area contributed by atoms with Gasteiger partial charge < -0.3 is 9.80 Å². The van der Waals surface area contributed by atoms with Crippen molar-refractivity contribution in [1.82, 2.24) is 4.90 Å². The lowest BCUT2D eigenvalue weighted by atomic mass is 9.91. The largest absolute Gasteiger partial charge is 0.338 e. The molecule has 0 unspecified atom stereocenters. The minimum absolute atomic E-state index is 0.0116. The van der Waals surface area contributed by atoms with Gasteiger partial charge in [0, 0.05) is 18.7 Å². The van der Waals surface area contributed by atoms with Crippen molar-refractivity contribution < 1.29 is 18.0 Å². The van der Waals surface area contributed by atoms with Crippen LogP contribution in [0.4, 0.5) is 5.69 Å². The van der Waals surface area contributed by atoms with Crippen LogP contribution in [-0.2, 0) is 16.4 Å². The van der Waals surface area contributed by atoms with Crippen LogP contribution < -0.4 is 4.90 Å². The highest BCUT2D eigenvalue weighted by Crippen LogP contribution is 2.39. The van der Waals surface area contributed by atoms with Gasteiger partial charge in [-0.1, -0.05) is 49.7 Å². The van der Waals surface area contributed by atoms with E-state index in [1.165, 1.54) is 17.0 Å². The molecule has 2 aliphatic heterocycles. The van der Waals surface area contributed by atoms with E-state index >= 15 is 0 Å². The molecule has 3 aromatic carbocycles. The van der Waals surface area contributed by atoms with Crippen LogP contribution in [0.2, 0.25) is 0 Å². The first kappa shape index (κ1) is 25.2. The second kappa shape index (κ2) is 9.45. The maximum Gasteiger partial charge on any atom is 0.259 e. The molecule has 3 aromatic rings. The summed E-state index contributed by atoms with van der Waals surface area (Å²) in [7, 11) is -3.99. The number of carbonyl (C=O) groups is 2. The summed E-state index contributed by atoms with van der Waals surface area (Å²) in [5.41, 5.74) is 3.74. The van der Waals surface area contributed by atoms with Crippen molar-refractivity contribution in [2.75, 3.05) is 18.0 Å². The molecule has 2 atom stereocenters. The van der Waals surface area contributed by atoms with E-state index in [0.29, 0.717) is 30.5 Å². The standard InChI is InChI=1S/C30H32N2O4S/c1-19-9-10-22(4)24(14-19)18-32-26-15-23(29(33)31-16-20(2)13-21(3)17-31)11-12-28(26)37(35,36)27-8-6-5-7-25(27)30(32)34/h5-12,14-15,20-21H,13,16-18H2,1-4H3/t20-,21-/m0/s1. The minimum Gasteiger partial charge on any atom is -0.338 e. The number of rotatable bonds is 3. The Kier molecular flexibility index (Phi) is 6.44. The number of benzene rings is 3. The SMILES string of the molecule is Cc1ccc(C)c(CN2C(=O)c3ccccc3S(=O)(=O)c3ccc(C(=O)N4C[C@@H](C)C[C@H](C)C4)cc32)c1. The van der Waals surface area contributed by atoms with Gasteiger partial charge in [0.05, 0.1) is 27.6 Å². The molecule has 5 rings (SSSR count). The number of carbonyl (C=O) groups excluding carboxylic acids is 2. The van der Waals surface area contributed by atoms with Crippen LogP contribution in [0.5, 0.6) is 0 Å². The Bertz CT molecular complexity index is 1500. The van der Waals surface area contributed by atoms with Gasteiger partial charge in [-0.3, -0.25) is 9.59 Å². The van der Waals surface area contributed by atoms with E-state index in [2.05, 4.69) is 13.8 Å². The first-order valence-corrected chi connectivity index (χ1v) is 14.2. The number of piperidine rings is 1. The van der Waals surface area contributed by atoms with E-state index in [-0.39, 0.29) is 33.5 Å². The average molecular weight is 517 g/mol. The summed E-state index contributed by atoms with van der Waals surface area (Å²) in [5, 5.41) is 0. The highest BCUT2D eigenvalue weighted by atomic mass is 32.2. The van der Waals surface area contributed by atoms with Gasteiger partial charge in [-0.15, -0.1) is 0 Å². The molecule has 2 aliphatic rings. The zero-order chi connectivity index (χ0) is 26.5. The van der Waals surface area contributed by atoms with Crippen LogP contribution in [-0.4, -0.2) is 38.2 Å². The molecule has 7 heteroatoms. The van der Waals surface area contributed by atoms with Gasteiger partial charge in [0.25, 0.3) is 11.8 Å². The summed E-state index contributed by atoms with van der Waals surface area (Å²) in [6.45, 7) is 9.76. The van der Waals surface area contributed by atoms with Gasteiger partial charge >= 0.3 is 0 Å². The van der Waals surface area contributed by atoms with Gasteiger partial charge in [0.15, 0.2) is 0 Å². The maximum atomic E-state index is 13.9. The summed E-state index contributed by atoms with van der Waals surface area (Å²) in [4.78, 5) is 30.9. The molecule has 2 amide bonds. The fraction of sp³-hybridized carbons (Fsp3) is 0.333. The Hall–Kier alpha value is -3.45. The lowest BCUT2D eigenvalue weighted by Crippen LogP contribution is -2.42. The number of hydrogen-bond acceptors (Lipinski definition) is 4. The molecule has 0 spiro atoms. The second-order valence-corrected chi connectivity index (χ2v) is 12.5. The number of nitrogens with zero attached hydrogens (tertiary/aromatic N) is 2. The Balaban J connectivity index is 1.67. The number of hydrogen-bond donors (Lipinski definition) is 0. The quantitative estimate of drug-likeness (QED) is 0.466. The zero-order valence-corrected chi connectivity index (χ0v) is 22.5. The van der Waals surface area contributed by atoms with Crippen LogP contribution in [0.15, 0.2) is 70.5 Å². The maximum absolute atomic E-state index is 13.9. The summed E-state index contributed by atoms with van der Waals surface area (Å²) < 4.78 is 27.5. The third-order valence-corrected chi connectivity index (χ3v) is 9.29. The molecule has 0 saturated carbocycles. The summed E-state index contributed by atoms with van der Waals surface area (Å²) in [5.74, 6) is 0.250. The molecule has 6 nitrogen and oxygen atoms in total. The van der Waals surface area contributed by atoms with Crippen molar-refractivity contribution in [1.29, 1.82) is 0 Å². The normalized spacial score (nSPS) is 20.7. The molecule has 0 N–H and O–H groups in total. The number of likely N-dealkylation sites (tertiary alicyclic amines) is 1. The van der Waals surface area contributed by atoms with E-state index < -0.39 is 15.7 Å². The van der Waals surface area contributed by atoms with Crippen LogP contribution in [0, 0.1) is 25.7 Å². The van der Waals surface area contributed by atoms with E-state index in [1.807, 2.05) is 36.9 Å². The van der Waals surface area contributed by atoms with Crippen LogP contribution in [0.3, 0.4) is 0 Å². The number of fused-ring (bicyclic) bond motifs is 2. The predicted octanol–water partition coefficient (Wildman–Crippen LogP) is 5.41. The Morgan fingerprint density at radius 1 is 0.919 bits per heavy atom. The molecule has 1 fully saturated rings. The third kappa shape index (κ3) is 4.57. The monoisotopic (exact) mass is 516 g/mol. The van der Waals surface area contributed by atoms with E-state index in [4.69, 9.17) is 0 Å². The van der Waals surface area contributed by atoms with Crippen molar-refractivity contribution in [3.8, 4) is 0 Å². The highest BCUT2D eigenvalue weighted by Gasteiger charge is 2.37. The van der Waals surface area contributed by atoms with Crippen molar-refractivity contribution in [3.63, 3.8) is 0 Å². The van der Waals surface area contributed by atoms with Gasteiger partial charge in [0.1, 0.15) is 0 Å². The molecule has 0 bridgehead atoms. The molecular formula is C30H32N2O4S. The lowest BCUT2D eigenvalue weighted by Gasteiger charge is -2.35. The lowest BCUT2D eigenvalue weighted by molar-refractivity contribution is 0.0623. The molecular weight excluding hydrogens is 484 g/mol. The van der Waals surface area contributed by atoms with Crippen LogP contribution in [0.1, 0.15) is 57.7 Å². The first-order chi connectivity index (χ1) is 17.6. The number of aryl methyl sites for hydroxylation is 2. The summed E-state index contributed by atoms with van der Waals surface area (Å²) in [6.07, 6.45) is 1.07. The zero-order valence-electron chi connectivity index (χ0n) is 21.7. The van der Waals surface area contributed by atoms with E-state index in [1.54, 1.807) is 30.3 Å². The minimum atomic E-state index is -3.99. The van der Waals surface area contributed by atoms with Crippen molar-refractivity contribution in [2.24, 2.45) is 11.8 Å². The molecule has 192 valence electrons. The summed E-state index contributed by atoms with van der Waals surface area (Å²) in [6, 6.07) is 17.0.